The monoisotopic (exact) mass is 2050 g/mol. The van der Waals surface area contributed by atoms with Gasteiger partial charge >= 0.3 is 35.9 Å². The number of carboxylic acids is 5. The Bertz CT molecular complexity index is 5760. The normalized spacial score (nSPS) is 14.3. The summed E-state index contributed by atoms with van der Waals surface area (Å²) >= 11 is 0. The minimum absolute atomic E-state index is 0.0267. The molecule has 52 nitrogen and oxygen atoms in total. The van der Waals surface area contributed by atoms with E-state index in [2.05, 4.69) is 105 Å². The number of ether oxygens (including phenoxy) is 1. The van der Waals surface area contributed by atoms with Crippen LogP contribution in [0.5, 0.6) is 0 Å². The number of amides is 16. The number of carbonyl (C=O) groups excluding carboxylic acids is 16. The van der Waals surface area contributed by atoms with Crippen LogP contribution in [0.3, 0.4) is 0 Å². The van der Waals surface area contributed by atoms with E-state index in [0.29, 0.717) is 50.5 Å². The molecule has 0 aliphatic heterocycles. The molecule has 0 aliphatic carbocycles. The van der Waals surface area contributed by atoms with Crippen LogP contribution in [0.2, 0.25) is 0 Å². The lowest BCUT2D eigenvalue weighted by molar-refractivity contribution is -0.142. The number of unbranched alkanes of at least 4 members (excludes halogenated alkanes) is 1. The number of primary amides is 1. The number of fused-ring (bicyclic) bond motifs is 2. The summed E-state index contributed by atoms with van der Waals surface area (Å²) in [6.45, 7) is 11.2. The first-order valence-electron chi connectivity index (χ1n) is 47.5. The molecule has 7 rings (SSSR count). The number of urea groups is 1. The first kappa shape index (κ1) is 118. The van der Waals surface area contributed by atoms with Crippen molar-refractivity contribution in [3.05, 3.63) is 138 Å². The summed E-state index contributed by atoms with van der Waals surface area (Å²) in [6, 6.07) is -2.81. The van der Waals surface area contributed by atoms with Crippen molar-refractivity contribution in [3.63, 3.8) is 0 Å². The van der Waals surface area contributed by atoms with E-state index >= 15 is 4.79 Å². The summed E-state index contributed by atoms with van der Waals surface area (Å²) in [7, 11) is 0. The number of carboxylic acid groups (broad SMARTS) is 5. The molecule has 4 aromatic heterocycles. The van der Waals surface area contributed by atoms with Gasteiger partial charge in [-0.25, -0.2) is 19.4 Å². The maximum absolute atomic E-state index is 15.0. The molecule has 0 saturated carbocycles. The zero-order valence-electron chi connectivity index (χ0n) is 82.2. The first-order chi connectivity index (χ1) is 69.7. The maximum atomic E-state index is 15.0. The Labute approximate surface area is 842 Å². The van der Waals surface area contributed by atoms with Crippen molar-refractivity contribution in [2.75, 3.05) is 13.2 Å². The molecule has 0 bridgehead atoms. The maximum Gasteiger partial charge on any atom is 0.326 e. The van der Waals surface area contributed by atoms with Crippen molar-refractivity contribution in [2.45, 2.75) is 269 Å². The summed E-state index contributed by atoms with van der Waals surface area (Å²) in [5, 5.41) is 104. The molecule has 0 spiro atoms. The number of imidazole rings is 1. The second-order valence-corrected chi connectivity index (χ2v) is 36.3. The van der Waals surface area contributed by atoms with Crippen molar-refractivity contribution in [3.8, 4) is 0 Å². The first-order valence-corrected chi connectivity index (χ1v) is 47.5. The number of nitrogens with zero attached hydrogens (tertiary/aromatic N) is 4. The molecule has 7 aromatic rings. The Morgan fingerprint density at radius 1 is 0.442 bits per heavy atom. The topological polar surface area (TPSA) is 813 Å². The van der Waals surface area contributed by atoms with Crippen LogP contribution in [-0.2, 0) is 146 Å². The average molecular weight is 2060 g/mol. The molecule has 4 heterocycles. The van der Waals surface area contributed by atoms with E-state index in [1.54, 1.807) is 127 Å². The second-order valence-electron chi connectivity index (χ2n) is 36.3. The van der Waals surface area contributed by atoms with Crippen LogP contribution in [0.15, 0.2) is 104 Å². The van der Waals surface area contributed by atoms with Crippen molar-refractivity contribution < 1.29 is 136 Å². The number of aliphatic hydroxyl groups excluding tert-OH is 1. The summed E-state index contributed by atoms with van der Waals surface area (Å²) in [5.41, 5.74) is 15.5. The third-order valence-electron chi connectivity index (χ3n) is 23.2. The van der Waals surface area contributed by atoms with Crippen LogP contribution in [0.25, 0.3) is 21.8 Å². The molecular weight excluding hydrogens is 1930 g/mol. The highest BCUT2D eigenvalue weighted by atomic mass is 16.5. The molecule has 3 aromatic carbocycles. The number of carbonyl (C=O) groups is 21. The largest absolute Gasteiger partial charge is 0.481 e. The molecule has 0 fully saturated rings. The highest BCUT2D eigenvalue weighted by Gasteiger charge is 2.40. The Hall–Kier alpha value is -16.2. The lowest BCUT2D eigenvalue weighted by atomic mass is 9.97. The van der Waals surface area contributed by atoms with Gasteiger partial charge in [0.1, 0.15) is 96.6 Å². The van der Waals surface area contributed by atoms with Gasteiger partial charge in [0.2, 0.25) is 82.7 Å². The number of hydrogen-bond donors (Lipinski definition) is 26. The predicted molar refractivity (Wildman–Crippen MR) is 520 cm³/mol. The standard InChI is InChI=1S/C95H130N24O28/c1-48(2)33-67(83(132)101-44-75(123)104-63(24-26-76(124)125)85(134)109-68(34-49(3)4)90(139)115-79(50(5)6)92(141)112-71(37-56-42-100-62-22-14-12-20-60(56)62)87(136)110-69(35-53-17-9-10-18-54(53)40-96)91(140)116-80(52(8)121)81(97)130)108-88(137)72(38-57-43-98-47-102-57)111-86(135)70(36-55-41-99-61-21-13-11-19-59(55)61)107-82(131)51(7)103-84(133)64(28-31-120)106-89(138)73(39-78(128)129)105-74(122)29-32-147-46-58-45-119(118-117-58)30-16-15-23-65(93(142)143)113-95(146)114-66(94(144)145)25-27-77(126)127/h9-14,17-22,31,41-43,45,47-52,63-73,79-80,99-100,121H,15-16,23-30,32-40,44,46,96H2,1-8H3,(H2,97,130)(H,98,102)(H,101,132)(H,103,133)(H,104,123)(H,105,122)(H,106,138)(H,107,131)(H,108,137)(H,109,134)(H,110,136)(H,111,135)(H,112,141)(H,115,139)(H,116,140)(H,124,125)(H,126,127)(H,128,129)(H,142,143)(H,144,145)(H2,113,114,146)/t51-,52+,63-,64-,65-,66-,67-,68-,69-,70-,71-,72-,73-,79-,80-/m0/s1. The summed E-state index contributed by atoms with van der Waals surface area (Å²) < 4.78 is 6.94. The minimum atomic E-state index is -1.87. The highest BCUT2D eigenvalue weighted by Crippen LogP contribution is 2.24. The van der Waals surface area contributed by atoms with Gasteiger partial charge in [-0.2, -0.15) is 0 Å². The predicted octanol–water partition coefficient (Wildman–Crippen LogP) is -2.96. The molecule has 15 atom stereocenters. The van der Waals surface area contributed by atoms with Gasteiger partial charge < -0.3 is 146 Å². The van der Waals surface area contributed by atoms with Crippen LogP contribution in [0.4, 0.5) is 4.79 Å². The van der Waals surface area contributed by atoms with Crippen LogP contribution in [0, 0.1) is 17.8 Å². The number of nitrogens with two attached hydrogens (primary N) is 2. The van der Waals surface area contributed by atoms with E-state index in [4.69, 9.17) is 21.3 Å². The third-order valence-corrected chi connectivity index (χ3v) is 23.2. The van der Waals surface area contributed by atoms with E-state index in [1.165, 1.54) is 37.3 Å². The smallest absolute Gasteiger partial charge is 0.326 e. The van der Waals surface area contributed by atoms with Crippen LogP contribution < -0.4 is 91.2 Å². The van der Waals surface area contributed by atoms with E-state index in [1.807, 2.05) is 5.32 Å². The Balaban J connectivity index is 0.987. The van der Waals surface area contributed by atoms with Crippen LogP contribution >= 0.6 is 0 Å². The van der Waals surface area contributed by atoms with Gasteiger partial charge in [-0.15, -0.1) is 5.10 Å². The van der Waals surface area contributed by atoms with E-state index < -0.39 is 267 Å². The van der Waals surface area contributed by atoms with Gasteiger partial charge in [-0.1, -0.05) is 107 Å². The molecule has 0 unspecified atom stereocenters. The number of aliphatic hydroxyl groups is 1. The zero-order chi connectivity index (χ0) is 108. The molecule has 16 amide bonds. The zero-order valence-corrected chi connectivity index (χ0v) is 82.2. The summed E-state index contributed by atoms with van der Waals surface area (Å²) in [5.74, 6) is -23.0. The van der Waals surface area contributed by atoms with Gasteiger partial charge in [-0.3, -0.25) is 86.2 Å². The van der Waals surface area contributed by atoms with E-state index in [0.717, 1.165) is 0 Å². The molecule has 28 N–H and O–H groups in total. The van der Waals surface area contributed by atoms with Crippen molar-refractivity contribution in [1.82, 2.24) is 115 Å². The summed E-state index contributed by atoms with van der Waals surface area (Å²) in [6.07, 6.45) is 0.600. The number of aryl methyl sites for hydroxylation is 1. The molecule has 52 heteroatoms. The number of benzene rings is 3. The summed E-state index contributed by atoms with van der Waals surface area (Å²) in [4.78, 5) is 296. The van der Waals surface area contributed by atoms with E-state index in [-0.39, 0.29) is 107 Å². The number of aldehydes is 1. The number of aromatic amines is 3. The lowest BCUT2D eigenvalue weighted by Crippen LogP contribution is -2.61. The number of para-hydroxylation sites is 2. The number of rotatable bonds is 65. The number of hydrogen-bond acceptors (Lipinski definition) is 27. The number of aromatic nitrogens is 7. The molecule has 0 saturated heterocycles. The number of aliphatic carboxylic acids is 5. The molecule has 798 valence electrons. The lowest BCUT2D eigenvalue weighted by Gasteiger charge is -2.29. The van der Waals surface area contributed by atoms with Gasteiger partial charge in [0.15, 0.2) is 0 Å². The van der Waals surface area contributed by atoms with Crippen molar-refractivity contribution in [1.29, 1.82) is 0 Å². The molecule has 0 radical (unpaired) electrons. The second kappa shape index (κ2) is 58.6. The van der Waals surface area contributed by atoms with Crippen molar-refractivity contribution in [2.24, 2.45) is 29.2 Å². The fraction of sp³-hybridized carbons (Fsp3) is 0.495. The van der Waals surface area contributed by atoms with Crippen molar-refractivity contribution >= 4 is 147 Å². The van der Waals surface area contributed by atoms with Crippen LogP contribution in [-0.4, -0.2) is 294 Å². The number of H-pyrrole nitrogens is 3. The SMILES string of the molecule is CC(C)C[C@H](NC(=O)[C@H](Cc1c[nH]cn1)NC(=O)[C@H](Cc1c[nH]c2ccccc12)NC(=O)[C@H](C)NC(=O)[C@H](CC=O)NC(=O)[C@H](CC(=O)O)NC(=O)CCOCc1cn(CCCC[C@H](NC(=O)N[C@@H](CCC(=O)O)C(=O)O)C(=O)O)nn1)C(=O)NCC(=O)N[C@@H](CCC(=O)O)C(=O)N[C@@H](CC(C)C)C(=O)N[C@H](C(=O)N[C@@H](Cc1c[nH]c2ccccc12)C(=O)N[C@@H](Cc1ccccc1CN)C(=O)N[C@H](C(N)=O)[C@@H](C)O)C(C)C. The van der Waals surface area contributed by atoms with E-state index in [9.17, 15) is 121 Å². The Morgan fingerprint density at radius 3 is 1.42 bits per heavy atom. The fourth-order valence-corrected chi connectivity index (χ4v) is 15.5. The Kier molecular flexibility index (Phi) is 46.9. The fourth-order valence-electron chi connectivity index (χ4n) is 15.5. The molecular formula is C95H130N24O28. The van der Waals surface area contributed by atoms with Gasteiger partial charge in [0.05, 0.1) is 50.5 Å². The number of nitrogens with one attached hydrogen (secondary N) is 18. The average Bonchev–Trinajstić information content (AvgIpc) is 1.69. The molecule has 0 aliphatic rings. The van der Waals surface area contributed by atoms with Gasteiger partial charge in [0, 0.05) is 105 Å². The minimum Gasteiger partial charge on any atom is -0.481 e. The van der Waals surface area contributed by atoms with Crippen LogP contribution in [0.1, 0.15) is 166 Å². The van der Waals surface area contributed by atoms with Gasteiger partial charge in [-0.05, 0) is 111 Å². The van der Waals surface area contributed by atoms with Gasteiger partial charge in [0.25, 0.3) is 0 Å². The third kappa shape index (κ3) is 39.1. The quantitative estimate of drug-likeness (QED) is 0.0134. The highest BCUT2D eigenvalue weighted by molar-refractivity contribution is 6.02. The Morgan fingerprint density at radius 2 is 0.905 bits per heavy atom. The molecule has 147 heavy (non-hydrogen) atoms.